The molecule has 1 amide bonds. The summed E-state index contributed by atoms with van der Waals surface area (Å²) in [5, 5.41) is 8.19. The summed E-state index contributed by atoms with van der Waals surface area (Å²) in [5.41, 5.74) is 1.84. The average molecular weight is 566 g/mol. The Morgan fingerprint density at radius 3 is 2.48 bits per heavy atom. The highest BCUT2D eigenvalue weighted by Crippen LogP contribution is 2.43. The molecule has 0 atom stereocenters. The Kier molecular flexibility index (Phi) is 7.05. The Balaban J connectivity index is 1.12. The number of likely N-dealkylation sites (tertiary alicyclic amines) is 2. The zero-order valence-corrected chi connectivity index (χ0v) is 23.4. The molecular weight excluding hydrogens is 530 g/mol. The molecular formula is C29H36ClN7O3. The number of aromatic amines is 1. The van der Waals surface area contributed by atoms with Crippen molar-refractivity contribution in [1.29, 1.82) is 0 Å². The van der Waals surface area contributed by atoms with Crippen LogP contribution in [0.2, 0.25) is 5.02 Å². The average Bonchev–Trinajstić information content (AvgIpc) is 3.35. The Labute approximate surface area is 238 Å². The van der Waals surface area contributed by atoms with E-state index < -0.39 is 0 Å². The van der Waals surface area contributed by atoms with Gasteiger partial charge in [-0.25, -0.2) is 0 Å². The number of anilines is 3. The maximum atomic E-state index is 13.7. The number of carbonyl (C=O) groups excluding carboxylic acids is 1. The largest absolute Gasteiger partial charge is 0.485 e. The number of fused-ring (bicyclic) bond motifs is 2. The van der Waals surface area contributed by atoms with E-state index in [0.29, 0.717) is 70.5 Å². The molecule has 1 aromatic carbocycles. The SMILES string of the molecule is O=C(c1ccc(Nc2nc(NC3CCC3)c3c(Cl)c[nH]c3n2)c2c1OCCO2)N1CCC(N2CCCCC2)CC1. The molecule has 40 heavy (non-hydrogen) atoms. The second kappa shape index (κ2) is 11.0. The maximum Gasteiger partial charge on any atom is 0.257 e. The van der Waals surface area contributed by atoms with E-state index in [0.717, 1.165) is 44.2 Å². The quantitative estimate of drug-likeness (QED) is 0.375. The highest BCUT2D eigenvalue weighted by atomic mass is 35.5. The number of ether oxygens (including phenoxy) is 2. The second-order valence-corrected chi connectivity index (χ2v) is 11.7. The van der Waals surface area contributed by atoms with Crippen molar-refractivity contribution in [3.63, 3.8) is 0 Å². The van der Waals surface area contributed by atoms with Gasteiger partial charge in [0.1, 0.15) is 24.7 Å². The molecule has 2 aromatic heterocycles. The first-order valence-corrected chi connectivity index (χ1v) is 15.1. The molecule has 212 valence electrons. The lowest BCUT2D eigenvalue weighted by Crippen LogP contribution is -2.48. The number of nitrogens with one attached hydrogen (secondary N) is 3. The lowest BCUT2D eigenvalue weighted by atomic mass is 9.93. The number of hydrogen-bond donors (Lipinski definition) is 3. The molecule has 0 radical (unpaired) electrons. The van der Waals surface area contributed by atoms with E-state index in [1.54, 1.807) is 6.20 Å². The van der Waals surface area contributed by atoms with Gasteiger partial charge in [0.05, 0.1) is 21.7 Å². The van der Waals surface area contributed by atoms with Crippen molar-refractivity contribution in [2.24, 2.45) is 0 Å². The highest BCUT2D eigenvalue weighted by molar-refractivity contribution is 6.36. The molecule has 7 rings (SSSR count). The first kappa shape index (κ1) is 25.7. The van der Waals surface area contributed by atoms with Crippen LogP contribution in [0.4, 0.5) is 17.5 Å². The molecule has 0 unspecified atom stereocenters. The zero-order valence-electron chi connectivity index (χ0n) is 22.7. The minimum absolute atomic E-state index is 0.00363. The van der Waals surface area contributed by atoms with Gasteiger partial charge in [-0.05, 0) is 70.2 Å². The van der Waals surface area contributed by atoms with Gasteiger partial charge in [-0.15, -0.1) is 0 Å². The minimum Gasteiger partial charge on any atom is -0.485 e. The molecule has 2 saturated heterocycles. The van der Waals surface area contributed by atoms with Crippen molar-refractivity contribution in [3.05, 3.63) is 28.9 Å². The van der Waals surface area contributed by atoms with Gasteiger partial charge in [-0.2, -0.15) is 9.97 Å². The van der Waals surface area contributed by atoms with Gasteiger partial charge in [0.15, 0.2) is 11.5 Å². The number of hydrogen-bond acceptors (Lipinski definition) is 8. The summed E-state index contributed by atoms with van der Waals surface area (Å²) < 4.78 is 12.1. The normalized spacial score (nSPS) is 20.4. The number of nitrogens with zero attached hydrogens (tertiary/aromatic N) is 4. The predicted molar refractivity (Wildman–Crippen MR) is 155 cm³/mol. The molecule has 0 spiro atoms. The third-order valence-corrected chi connectivity index (χ3v) is 9.05. The topological polar surface area (TPSA) is 108 Å². The Hall–Kier alpha value is -3.24. The Morgan fingerprint density at radius 2 is 1.73 bits per heavy atom. The van der Waals surface area contributed by atoms with Crippen molar-refractivity contribution >= 4 is 46.0 Å². The van der Waals surface area contributed by atoms with Gasteiger partial charge in [-0.1, -0.05) is 18.0 Å². The first-order chi connectivity index (χ1) is 19.6. The van der Waals surface area contributed by atoms with E-state index in [9.17, 15) is 4.79 Å². The molecule has 3 N–H and O–H groups in total. The molecule has 1 aliphatic carbocycles. The number of rotatable bonds is 6. The van der Waals surface area contributed by atoms with Gasteiger partial charge in [0, 0.05) is 31.4 Å². The summed E-state index contributed by atoms with van der Waals surface area (Å²) in [6.45, 7) is 4.71. The monoisotopic (exact) mass is 565 g/mol. The first-order valence-electron chi connectivity index (χ1n) is 14.7. The van der Waals surface area contributed by atoms with Crippen molar-refractivity contribution in [2.75, 3.05) is 50.0 Å². The third kappa shape index (κ3) is 4.92. The van der Waals surface area contributed by atoms with Crippen LogP contribution in [-0.4, -0.2) is 82.1 Å². The van der Waals surface area contributed by atoms with E-state index in [4.69, 9.17) is 26.1 Å². The van der Waals surface area contributed by atoms with Crippen LogP contribution in [0, 0.1) is 0 Å². The standard InChI is InChI=1S/C29H36ClN7O3/c30-21-17-31-26-23(21)27(32-18-5-4-6-18)35-29(34-26)33-22-8-7-20(24-25(22)40-16-15-39-24)28(38)37-13-9-19(10-14-37)36-11-2-1-3-12-36/h7-8,17-19H,1-6,9-16H2,(H3,31,32,33,34,35). The summed E-state index contributed by atoms with van der Waals surface area (Å²) in [6, 6.07) is 4.65. The molecule has 1 saturated carbocycles. The summed E-state index contributed by atoms with van der Waals surface area (Å²) in [5.74, 6) is 2.10. The minimum atomic E-state index is -0.00363. The summed E-state index contributed by atoms with van der Waals surface area (Å²) in [4.78, 5) is 30.8. The molecule has 11 heteroatoms. The number of piperidine rings is 2. The molecule has 0 bridgehead atoms. The molecule has 3 aromatic rings. The van der Waals surface area contributed by atoms with E-state index >= 15 is 0 Å². The summed E-state index contributed by atoms with van der Waals surface area (Å²) in [7, 11) is 0. The van der Waals surface area contributed by atoms with E-state index in [-0.39, 0.29) is 5.91 Å². The van der Waals surface area contributed by atoms with Crippen molar-refractivity contribution in [3.8, 4) is 11.5 Å². The van der Waals surface area contributed by atoms with Gasteiger partial charge >= 0.3 is 0 Å². The van der Waals surface area contributed by atoms with E-state index in [1.807, 2.05) is 17.0 Å². The van der Waals surface area contributed by atoms with Crippen LogP contribution in [0.25, 0.3) is 11.0 Å². The fraction of sp³-hybridized carbons (Fsp3) is 0.552. The third-order valence-electron chi connectivity index (χ3n) is 8.75. The smallest absolute Gasteiger partial charge is 0.257 e. The molecule has 4 aliphatic rings. The zero-order chi connectivity index (χ0) is 27.1. The number of amides is 1. The lowest BCUT2D eigenvalue weighted by Gasteiger charge is -2.40. The molecule has 5 heterocycles. The number of H-pyrrole nitrogens is 1. The van der Waals surface area contributed by atoms with Gasteiger partial charge in [0.2, 0.25) is 5.95 Å². The molecule has 10 nitrogen and oxygen atoms in total. The van der Waals surface area contributed by atoms with E-state index in [2.05, 4.69) is 25.5 Å². The van der Waals surface area contributed by atoms with Gasteiger partial charge < -0.3 is 34.9 Å². The van der Waals surface area contributed by atoms with Crippen LogP contribution in [-0.2, 0) is 0 Å². The molecule has 3 aliphatic heterocycles. The Bertz CT molecular complexity index is 1390. The Morgan fingerprint density at radius 1 is 0.950 bits per heavy atom. The predicted octanol–water partition coefficient (Wildman–Crippen LogP) is 5.18. The van der Waals surface area contributed by atoms with Crippen LogP contribution in [0.15, 0.2) is 18.3 Å². The van der Waals surface area contributed by atoms with Crippen molar-refractivity contribution < 1.29 is 14.3 Å². The van der Waals surface area contributed by atoms with Gasteiger partial charge in [-0.3, -0.25) is 4.79 Å². The van der Waals surface area contributed by atoms with Crippen molar-refractivity contribution in [2.45, 2.75) is 63.5 Å². The fourth-order valence-corrected chi connectivity index (χ4v) is 6.55. The number of aromatic nitrogens is 3. The lowest BCUT2D eigenvalue weighted by molar-refractivity contribution is 0.0582. The highest BCUT2D eigenvalue weighted by Gasteiger charge is 2.32. The van der Waals surface area contributed by atoms with Gasteiger partial charge in [0.25, 0.3) is 5.91 Å². The van der Waals surface area contributed by atoms with Crippen LogP contribution in [0.5, 0.6) is 11.5 Å². The second-order valence-electron chi connectivity index (χ2n) is 11.3. The number of halogens is 1. The van der Waals surface area contributed by atoms with Crippen molar-refractivity contribution in [1.82, 2.24) is 24.8 Å². The van der Waals surface area contributed by atoms with Crippen LogP contribution >= 0.6 is 11.6 Å². The van der Waals surface area contributed by atoms with Crippen LogP contribution in [0.1, 0.15) is 61.7 Å². The fourth-order valence-electron chi connectivity index (χ4n) is 6.31. The number of carbonyl (C=O) groups is 1. The van der Waals surface area contributed by atoms with Crippen LogP contribution in [0.3, 0.4) is 0 Å². The number of benzene rings is 1. The summed E-state index contributed by atoms with van der Waals surface area (Å²) >= 11 is 6.44. The van der Waals surface area contributed by atoms with Crippen LogP contribution < -0.4 is 20.1 Å². The molecule has 3 fully saturated rings. The van der Waals surface area contributed by atoms with E-state index in [1.165, 1.54) is 38.8 Å². The summed E-state index contributed by atoms with van der Waals surface area (Å²) in [6.07, 6.45) is 11.1. The maximum absolute atomic E-state index is 13.7.